The van der Waals surface area contributed by atoms with Crippen LogP contribution in [0.4, 0.5) is 0 Å². The van der Waals surface area contributed by atoms with E-state index in [2.05, 4.69) is 53.3 Å². The molecule has 1 heterocycles. The van der Waals surface area contributed by atoms with Crippen molar-refractivity contribution in [3.8, 4) is 6.07 Å². The second-order valence-corrected chi connectivity index (χ2v) is 4.76. The maximum absolute atomic E-state index is 8.57. The Morgan fingerprint density at radius 3 is 2.89 bits per heavy atom. The Bertz CT molecular complexity index is 563. The van der Waals surface area contributed by atoms with Crippen LogP contribution in [0, 0.1) is 11.3 Å². The van der Waals surface area contributed by atoms with Gasteiger partial charge in [-0.3, -0.25) is 0 Å². The van der Waals surface area contributed by atoms with Crippen LogP contribution >= 0.6 is 0 Å². The predicted octanol–water partition coefficient (Wildman–Crippen LogP) is 3.44. The van der Waals surface area contributed by atoms with Crippen molar-refractivity contribution in [3.05, 3.63) is 36.0 Å². The number of nitrogens with zero attached hydrogens (tertiary/aromatic N) is 2. The van der Waals surface area contributed by atoms with E-state index in [1.807, 2.05) is 0 Å². The first-order chi connectivity index (χ1) is 9.36. The van der Waals surface area contributed by atoms with Gasteiger partial charge in [0.2, 0.25) is 0 Å². The number of unbranched alkanes of at least 4 members (excludes halogenated alkanes) is 2. The largest absolute Gasteiger partial charge is 0.347 e. The summed E-state index contributed by atoms with van der Waals surface area (Å²) in [5.41, 5.74) is 2.66. The lowest BCUT2D eigenvalue weighted by atomic mass is 10.2. The van der Waals surface area contributed by atoms with Crippen molar-refractivity contribution < 1.29 is 0 Å². The van der Waals surface area contributed by atoms with Gasteiger partial charge >= 0.3 is 0 Å². The van der Waals surface area contributed by atoms with Crippen molar-refractivity contribution >= 4 is 10.9 Å². The smallest absolute Gasteiger partial charge is 0.0621 e. The van der Waals surface area contributed by atoms with Gasteiger partial charge in [-0.25, -0.2) is 0 Å². The topological polar surface area (TPSA) is 40.8 Å². The van der Waals surface area contributed by atoms with Crippen LogP contribution in [0.5, 0.6) is 0 Å². The molecule has 0 fully saturated rings. The number of hydrogen-bond donors (Lipinski definition) is 1. The highest BCUT2D eigenvalue weighted by Crippen LogP contribution is 2.21. The summed E-state index contributed by atoms with van der Waals surface area (Å²) < 4.78 is 2.32. The zero-order valence-electron chi connectivity index (χ0n) is 11.5. The van der Waals surface area contributed by atoms with E-state index in [1.165, 1.54) is 16.5 Å². The normalized spacial score (nSPS) is 10.7. The fourth-order valence-electron chi connectivity index (χ4n) is 2.39. The van der Waals surface area contributed by atoms with E-state index < -0.39 is 0 Å². The Hall–Kier alpha value is -1.79. The summed E-state index contributed by atoms with van der Waals surface area (Å²) in [7, 11) is 0. The molecule has 2 rings (SSSR count). The molecule has 3 heteroatoms. The van der Waals surface area contributed by atoms with Crippen LogP contribution in [0.2, 0.25) is 0 Å². The van der Waals surface area contributed by atoms with E-state index in [0.717, 1.165) is 32.5 Å². The molecule has 0 bridgehead atoms. The molecule has 0 spiro atoms. The fourth-order valence-corrected chi connectivity index (χ4v) is 2.39. The Kier molecular flexibility index (Phi) is 5.00. The summed E-state index contributed by atoms with van der Waals surface area (Å²) in [6.07, 6.45) is 4.95. The molecule has 0 saturated heterocycles. The van der Waals surface area contributed by atoms with Crippen molar-refractivity contribution in [2.24, 2.45) is 0 Å². The second-order valence-electron chi connectivity index (χ2n) is 4.76. The van der Waals surface area contributed by atoms with E-state index in [9.17, 15) is 0 Å². The van der Waals surface area contributed by atoms with Crippen molar-refractivity contribution in [1.82, 2.24) is 9.88 Å². The third-order valence-electron chi connectivity index (χ3n) is 3.37. The molecular weight excluding hydrogens is 234 g/mol. The summed E-state index contributed by atoms with van der Waals surface area (Å²) in [5, 5.41) is 13.3. The molecule has 19 heavy (non-hydrogen) atoms. The molecule has 0 aliphatic carbocycles. The molecule has 0 atom stereocenters. The fraction of sp³-hybridized carbons (Fsp3) is 0.438. The lowest BCUT2D eigenvalue weighted by molar-refractivity contribution is 0.628. The van der Waals surface area contributed by atoms with Crippen LogP contribution < -0.4 is 5.32 Å². The van der Waals surface area contributed by atoms with Gasteiger partial charge < -0.3 is 9.88 Å². The summed E-state index contributed by atoms with van der Waals surface area (Å²) in [6.45, 7) is 5.03. The first kappa shape index (κ1) is 13.6. The van der Waals surface area contributed by atoms with Gasteiger partial charge in [0, 0.05) is 36.6 Å². The minimum atomic E-state index is 0.656. The van der Waals surface area contributed by atoms with Crippen molar-refractivity contribution in [3.63, 3.8) is 0 Å². The number of aryl methyl sites for hydroxylation is 1. The third-order valence-corrected chi connectivity index (χ3v) is 3.37. The van der Waals surface area contributed by atoms with Crippen LogP contribution in [0.3, 0.4) is 0 Å². The lowest BCUT2D eigenvalue weighted by Gasteiger charge is -2.03. The summed E-state index contributed by atoms with van der Waals surface area (Å²) in [5.74, 6) is 0. The number of fused-ring (bicyclic) bond motifs is 1. The number of nitrogens with one attached hydrogen (secondary N) is 1. The van der Waals surface area contributed by atoms with Gasteiger partial charge in [0.15, 0.2) is 0 Å². The third kappa shape index (κ3) is 3.36. The van der Waals surface area contributed by atoms with E-state index >= 15 is 0 Å². The molecule has 2 aromatic rings. The van der Waals surface area contributed by atoms with E-state index in [1.54, 1.807) is 0 Å². The van der Waals surface area contributed by atoms with Gasteiger partial charge in [-0.05, 0) is 31.0 Å². The Balaban J connectivity index is 2.16. The van der Waals surface area contributed by atoms with Gasteiger partial charge in [-0.2, -0.15) is 5.26 Å². The minimum absolute atomic E-state index is 0.656. The molecule has 0 radical (unpaired) electrons. The van der Waals surface area contributed by atoms with Crippen LogP contribution in [0.15, 0.2) is 30.5 Å². The number of para-hydroxylation sites is 1. The molecule has 0 amide bonds. The van der Waals surface area contributed by atoms with E-state index in [0.29, 0.717) is 6.42 Å². The highest BCUT2D eigenvalue weighted by molar-refractivity contribution is 5.83. The lowest BCUT2D eigenvalue weighted by Crippen LogP contribution is -2.11. The highest BCUT2D eigenvalue weighted by Gasteiger charge is 2.07. The molecule has 1 aromatic heterocycles. The van der Waals surface area contributed by atoms with Crippen molar-refractivity contribution in [2.75, 3.05) is 6.54 Å². The van der Waals surface area contributed by atoms with Crippen LogP contribution in [0.25, 0.3) is 10.9 Å². The zero-order chi connectivity index (χ0) is 13.5. The van der Waals surface area contributed by atoms with Crippen LogP contribution in [0.1, 0.15) is 31.7 Å². The molecule has 0 aliphatic rings. The Morgan fingerprint density at radius 2 is 2.11 bits per heavy atom. The number of nitriles is 1. The van der Waals surface area contributed by atoms with E-state index in [-0.39, 0.29) is 0 Å². The van der Waals surface area contributed by atoms with Crippen molar-refractivity contribution in [2.45, 2.75) is 39.3 Å². The maximum Gasteiger partial charge on any atom is 0.0621 e. The summed E-state index contributed by atoms with van der Waals surface area (Å²) in [4.78, 5) is 0. The highest BCUT2D eigenvalue weighted by atomic mass is 15.0. The maximum atomic E-state index is 8.57. The average molecular weight is 255 g/mol. The summed E-state index contributed by atoms with van der Waals surface area (Å²) in [6, 6.07) is 10.8. The molecule has 1 aromatic carbocycles. The van der Waals surface area contributed by atoms with Gasteiger partial charge in [-0.1, -0.05) is 25.1 Å². The Morgan fingerprint density at radius 1 is 1.26 bits per heavy atom. The molecule has 100 valence electrons. The Labute approximate surface area is 114 Å². The molecule has 3 nitrogen and oxygen atoms in total. The second kappa shape index (κ2) is 6.96. The summed E-state index contributed by atoms with van der Waals surface area (Å²) >= 11 is 0. The zero-order valence-corrected chi connectivity index (χ0v) is 11.5. The van der Waals surface area contributed by atoms with Gasteiger partial charge in [-0.15, -0.1) is 0 Å². The van der Waals surface area contributed by atoms with Gasteiger partial charge in [0.05, 0.1) is 6.07 Å². The first-order valence-corrected chi connectivity index (χ1v) is 7.01. The number of benzene rings is 1. The molecular formula is C16H21N3. The van der Waals surface area contributed by atoms with Crippen LogP contribution in [-0.4, -0.2) is 11.1 Å². The number of aromatic nitrogens is 1. The average Bonchev–Trinajstić information content (AvgIpc) is 2.80. The number of hydrogen-bond acceptors (Lipinski definition) is 2. The quantitative estimate of drug-likeness (QED) is 0.770. The molecule has 0 unspecified atom stereocenters. The molecule has 1 N–H and O–H groups in total. The predicted molar refractivity (Wildman–Crippen MR) is 78.8 cm³/mol. The van der Waals surface area contributed by atoms with E-state index in [4.69, 9.17) is 5.26 Å². The SMILES string of the molecule is CCNCc1cn(CCCCC#N)c2ccccc12. The monoisotopic (exact) mass is 255 g/mol. The van der Waals surface area contributed by atoms with Gasteiger partial charge in [0.1, 0.15) is 0 Å². The standard InChI is InChI=1S/C16H21N3/c1-2-18-12-14-13-19(11-7-3-6-10-17)16-9-5-4-8-15(14)16/h4-5,8-9,13,18H,2-3,6-7,11-12H2,1H3. The van der Waals surface area contributed by atoms with Crippen LogP contribution in [-0.2, 0) is 13.1 Å². The minimum Gasteiger partial charge on any atom is -0.347 e. The molecule has 0 saturated carbocycles. The van der Waals surface area contributed by atoms with Crippen molar-refractivity contribution in [1.29, 1.82) is 5.26 Å². The van der Waals surface area contributed by atoms with Gasteiger partial charge in [0.25, 0.3) is 0 Å². The first-order valence-electron chi connectivity index (χ1n) is 7.01. The molecule has 0 aliphatic heterocycles. The number of rotatable bonds is 7.